The standard InChI is InChI=1S/C22H28N2O/c1-18(20-10-6-3-7-11-20)16-22(25)23-21-12-14-24(15-13-21)17-19-8-4-2-5-9-19/h2-11,18,21H,12-17H2,1H3,(H,23,25). The van der Waals surface area contributed by atoms with Gasteiger partial charge in [-0.1, -0.05) is 67.6 Å². The predicted octanol–water partition coefficient (Wildman–Crippen LogP) is 3.96. The molecule has 1 fully saturated rings. The van der Waals surface area contributed by atoms with Gasteiger partial charge >= 0.3 is 0 Å². The smallest absolute Gasteiger partial charge is 0.220 e. The van der Waals surface area contributed by atoms with Crippen molar-refractivity contribution in [2.45, 2.75) is 44.7 Å². The number of amides is 1. The second-order valence-corrected chi connectivity index (χ2v) is 7.12. The Balaban J connectivity index is 1.40. The van der Waals surface area contributed by atoms with Crippen LogP contribution in [0.4, 0.5) is 0 Å². The van der Waals surface area contributed by atoms with E-state index in [4.69, 9.17) is 0 Å². The summed E-state index contributed by atoms with van der Waals surface area (Å²) in [6, 6.07) is 21.2. The zero-order valence-corrected chi connectivity index (χ0v) is 15.0. The number of rotatable bonds is 6. The maximum absolute atomic E-state index is 12.3. The fraction of sp³-hybridized carbons (Fsp3) is 0.409. The number of likely N-dealkylation sites (tertiary alicyclic amines) is 1. The Labute approximate surface area is 151 Å². The second-order valence-electron chi connectivity index (χ2n) is 7.12. The molecule has 1 aliphatic rings. The average Bonchev–Trinajstić information content (AvgIpc) is 2.65. The summed E-state index contributed by atoms with van der Waals surface area (Å²) in [4.78, 5) is 14.8. The maximum Gasteiger partial charge on any atom is 0.220 e. The van der Waals surface area contributed by atoms with Crippen molar-refractivity contribution in [2.24, 2.45) is 0 Å². The van der Waals surface area contributed by atoms with Gasteiger partial charge < -0.3 is 5.32 Å². The molecule has 0 aromatic heterocycles. The Morgan fingerprint density at radius 3 is 2.28 bits per heavy atom. The highest BCUT2D eigenvalue weighted by atomic mass is 16.1. The first kappa shape index (κ1) is 17.7. The van der Waals surface area contributed by atoms with Gasteiger partial charge in [-0.3, -0.25) is 9.69 Å². The number of hydrogen-bond donors (Lipinski definition) is 1. The molecular formula is C22H28N2O. The molecule has 0 aliphatic carbocycles. The molecule has 25 heavy (non-hydrogen) atoms. The molecule has 1 saturated heterocycles. The summed E-state index contributed by atoms with van der Waals surface area (Å²) in [5.41, 5.74) is 2.59. The van der Waals surface area contributed by atoms with Gasteiger partial charge in [-0.15, -0.1) is 0 Å². The third-order valence-corrected chi connectivity index (χ3v) is 5.06. The minimum absolute atomic E-state index is 0.179. The molecule has 1 atom stereocenters. The van der Waals surface area contributed by atoms with Crippen molar-refractivity contribution in [3.05, 3.63) is 71.8 Å². The molecule has 3 rings (SSSR count). The number of benzene rings is 2. The van der Waals surface area contributed by atoms with E-state index in [2.05, 4.69) is 59.6 Å². The van der Waals surface area contributed by atoms with Crippen molar-refractivity contribution in [1.29, 1.82) is 0 Å². The number of nitrogens with one attached hydrogen (secondary N) is 1. The van der Waals surface area contributed by atoms with E-state index in [1.165, 1.54) is 11.1 Å². The van der Waals surface area contributed by atoms with Gasteiger partial charge in [0.1, 0.15) is 0 Å². The zero-order chi connectivity index (χ0) is 17.5. The highest BCUT2D eigenvalue weighted by molar-refractivity contribution is 5.77. The molecule has 1 unspecified atom stereocenters. The highest BCUT2D eigenvalue weighted by Gasteiger charge is 2.21. The Morgan fingerprint density at radius 1 is 1.04 bits per heavy atom. The summed E-state index contributed by atoms with van der Waals surface area (Å²) in [6.45, 7) is 5.23. The molecule has 1 amide bonds. The van der Waals surface area contributed by atoms with E-state index in [9.17, 15) is 4.79 Å². The largest absolute Gasteiger partial charge is 0.353 e. The molecule has 2 aromatic rings. The van der Waals surface area contributed by atoms with Crippen molar-refractivity contribution in [3.8, 4) is 0 Å². The van der Waals surface area contributed by atoms with Crippen LogP contribution in [-0.4, -0.2) is 29.9 Å². The fourth-order valence-corrected chi connectivity index (χ4v) is 3.54. The van der Waals surface area contributed by atoms with Gasteiger partial charge in [-0.25, -0.2) is 0 Å². The molecule has 2 aromatic carbocycles. The Kier molecular flexibility index (Phi) is 6.24. The summed E-state index contributed by atoms with van der Waals surface area (Å²) in [5, 5.41) is 3.24. The predicted molar refractivity (Wildman–Crippen MR) is 102 cm³/mol. The van der Waals surface area contributed by atoms with Crippen LogP contribution < -0.4 is 5.32 Å². The van der Waals surface area contributed by atoms with Crippen LogP contribution in [0.1, 0.15) is 43.2 Å². The van der Waals surface area contributed by atoms with Crippen LogP contribution in [0.25, 0.3) is 0 Å². The van der Waals surface area contributed by atoms with Crippen LogP contribution in [0.2, 0.25) is 0 Å². The SMILES string of the molecule is CC(CC(=O)NC1CCN(Cc2ccccc2)CC1)c1ccccc1. The molecule has 0 radical (unpaired) electrons. The van der Waals surface area contributed by atoms with Crippen molar-refractivity contribution >= 4 is 5.91 Å². The van der Waals surface area contributed by atoms with Gasteiger partial charge in [-0.2, -0.15) is 0 Å². The molecule has 0 bridgehead atoms. The van der Waals surface area contributed by atoms with E-state index in [0.29, 0.717) is 12.5 Å². The Hall–Kier alpha value is -2.13. The highest BCUT2D eigenvalue weighted by Crippen LogP contribution is 2.19. The number of carbonyl (C=O) groups excluding carboxylic acids is 1. The molecule has 3 heteroatoms. The third-order valence-electron chi connectivity index (χ3n) is 5.06. The molecule has 3 nitrogen and oxygen atoms in total. The van der Waals surface area contributed by atoms with Crippen LogP contribution >= 0.6 is 0 Å². The van der Waals surface area contributed by atoms with Gasteiger partial charge in [0.25, 0.3) is 0 Å². The monoisotopic (exact) mass is 336 g/mol. The minimum Gasteiger partial charge on any atom is -0.353 e. The number of nitrogens with zero attached hydrogens (tertiary/aromatic N) is 1. The molecular weight excluding hydrogens is 308 g/mol. The summed E-state index contributed by atoms with van der Waals surface area (Å²) >= 11 is 0. The van der Waals surface area contributed by atoms with E-state index in [1.807, 2.05) is 18.2 Å². The first-order valence-electron chi connectivity index (χ1n) is 9.31. The number of carbonyl (C=O) groups is 1. The van der Waals surface area contributed by atoms with E-state index >= 15 is 0 Å². The number of piperidine rings is 1. The lowest BCUT2D eigenvalue weighted by molar-refractivity contribution is -0.122. The zero-order valence-electron chi connectivity index (χ0n) is 15.0. The van der Waals surface area contributed by atoms with Crippen LogP contribution in [0.15, 0.2) is 60.7 Å². The van der Waals surface area contributed by atoms with Gasteiger partial charge in [0, 0.05) is 32.1 Å². The quantitative estimate of drug-likeness (QED) is 0.866. The van der Waals surface area contributed by atoms with Crippen molar-refractivity contribution in [3.63, 3.8) is 0 Å². The van der Waals surface area contributed by atoms with E-state index in [-0.39, 0.29) is 11.8 Å². The lowest BCUT2D eigenvalue weighted by atomic mass is 9.97. The first-order valence-corrected chi connectivity index (χ1v) is 9.31. The lowest BCUT2D eigenvalue weighted by Gasteiger charge is -2.32. The lowest BCUT2D eigenvalue weighted by Crippen LogP contribution is -2.44. The third kappa shape index (κ3) is 5.43. The van der Waals surface area contributed by atoms with Crippen LogP contribution in [0, 0.1) is 0 Å². The topological polar surface area (TPSA) is 32.3 Å². The van der Waals surface area contributed by atoms with Crippen LogP contribution in [0.5, 0.6) is 0 Å². The van der Waals surface area contributed by atoms with Gasteiger partial charge in [-0.05, 0) is 29.9 Å². The fourth-order valence-electron chi connectivity index (χ4n) is 3.54. The minimum atomic E-state index is 0.179. The van der Waals surface area contributed by atoms with Crippen LogP contribution in [0.3, 0.4) is 0 Å². The van der Waals surface area contributed by atoms with E-state index < -0.39 is 0 Å². The van der Waals surface area contributed by atoms with Crippen molar-refractivity contribution in [2.75, 3.05) is 13.1 Å². The second kappa shape index (κ2) is 8.82. The number of hydrogen-bond acceptors (Lipinski definition) is 2. The first-order chi connectivity index (χ1) is 12.2. The molecule has 1 N–H and O–H groups in total. The maximum atomic E-state index is 12.3. The molecule has 132 valence electrons. The summed E-state index contributed by atoms with van der Waals surface area (Å²) in [6.07, 6.45) is 2.64. The van der Waals surface area contributed by atoms with Crippen molar-refractivity contribution in [1.82, 2.24) is 10.2 Å². The van der Waals surface area contributed by atoms with Gasteiger partial charge in [0.05, 0.1) is 0 Å². The summed E-state index contributed by atoms with van der Waals surface area (Å²) < 4.78 is 0. The van der Waals surface area contributed by atoms with E-state index in [1.54, 1.807) is 0 Å². The molecule has 0 saturated carbocycles. The average molecular weight is 336 g/mol. The van der Waals surface area contributed by atoms with Gasteiger partial charge in [0.15, 0.2) is 0 Å². The van der Waals surface area contributed by atoms with Crippen molar-refractivity contribution < 1.29 is 4.79 Å². The van der Waals surface area contributed by atoms with E-state index in [0.717, 1.165) is 32.5 Å². The normalized spacial score (nSPS) is 17.2. The van der Waals surface area contributed by atoms with Crippen LogP contribution in [-0.2, 0) is 11.3 Å². The summed E-state index contributed by atoms with van der Waals surface area (Å²) in [5.74, 6) is 0.442. The molecule has 1 aliphatic heterocycles. The van der Waals surface area contributed by atoms with Gasteiger partial charge in [0.2, 0.25) is 5.91 Å². The summed E-state index contributed by atoms with van der Waals surface area (Å²) in [7, 11) is 0. The molecule has 0 spiro atoms. The Morgan fingerprint density at radius 2 is 1.64 bits per heavy atom. The Bertz CT molecular complexity index is 648. The molecule has 1 heterocycles.